The van der Waals surface area contributed by atoms with E-state index in [9.17, 15) is 4.79 Å². The third-order valence-corrected chi connectivity index (χ3v) is 5.46. The van der Waals surface area contributed by atoms with Gasteiger partial charge >= 0.3 is 5.97 Å². The summed E-state index contributed by atoms with van der Waals surface area (Å²) in [5.74, 6) is 0.541. The number of carbonyl (C=O) groups is 1. The van der Waals surface area contributed by atoms with Crippen molar-refractivity contribution in [1.29, 1.82) is 0 Å². The van der Waals surface area contributed by atoms with E-state index in [4.69, 9.17) is 9.47 Å². The lowest BCUT2D eigenvalue weighted by molar-refractivity contribution is 0.0329. The normalized spacial score (nSPS) is 11.7. The summed E-state index contributed by atoms with van der Waals surface area (Å²) in [6.45, 7) is 4.82. The van der Waals surface area contributed by atoms with Crippen molar-refractivity contribution in [2.24, 2.45) is 0 Å². The number of aromatic nitrogens is 1. The quantitative estimate of drug-likeness (QED) is 0.221. The molecule has 3 aromatic rings. The van der Waals surface area contributed by atoms with E-state index in [0.717, 1.165) is 35.6 Å². The first-order valence-corrected chi connectivity index (χ1v) is 11.6. The molecule has 1 atom stereocenters. The lowest BCUT2D eigenvalue weighted by atomic mass is 10.0. The first-order valence-electron chi connectivity index (χ1n) is 11.6. The molecular weight excluding hydrogens is 398 g/mol. The summed E-state index contributed by atoms with van der Waals surface area (Å²) in [5, 5.41) is 0. The molecule has 32 heavy (non-hydrogen) atoms. The molecule has 0 spiro atoms. The Labute approximate surface area is 191 Å². The van der Waals surface area contributed by atoms with Gasteiger partial charge in [0, 0.05) is 6.20 Å². The third-order valence-electron chi connectivity index (χ3n) is 5.46. The maximum atomic E-state index is 12.5. The Morgan fingerprint density at radius 1 is 0.844 bits per heavy atom. The number of hydrogen-bond acceptors (Lipinski definition) is 4. The first kappa shape index (κ1) is 23.5. The van der Waals surface area contributed by atoms with Gasteiger partial charge in [0.1, 0.15) is 11.9 Å². The van der Waals surface area contributed by atoms with E-state index in [-0.39, 0.29) is 5.97 Å². The summed E-state index contributed by atoms with van der Waals surface area (Å²) in [6, 6.07) is 21.1. The SMILES string of the molecule is CCCCCCCCOc1ccc(-c2ccc(C(=O)O[C@H](C)c3ccccn3)cc2)cc1. The number of esters is 1. The number of hydrogen-bond donors (Lipinski definition) is 0. The molecule has 0 radical (unpaired) electrons. The van der Waals surface area contributed by atoms with Gasteiger partial charge < -0.3 is 9.47 Å². The summed E-state index contributed by atoms with van der Waals surface area (Å²) >= 11 is 0. The zero-order chi connectivity index (χ0) is 22.6. The second kappa shape index (κ2) is 12.7. The smallest absolute Gasteiger partial charge is 0.338 e. The topological polar surface area (TPSA) is 48.4 Å². The highest BCUT2D eigenvalue weighted by Gasteiger charge is 2.14. The van der Waals surface area contributed by atoms with Crippen LogP contribution in [0.4, 0.5) is 0 Å². The van der Waals surface area contributed by atoms with Gasteiger partial charge in [-0.3, -0.25) is 4.98 Å². The van der Waals surface area contributed by atoms with Crippen molar-refractivity contribution in [3.8, 4) is 16.9 Å². The molecule has 0 saturated carbocycles. The molecule has 0 saturated heterocycles. The van der Waals surface area contributed by atoms with Crippen molar-refractivity contribution in [3.05, 3.63) is 84.2 Å². The van der Waals surface area contributed by atoms with Gasteiger partial charge in [0.05, 0.1) is 17.9 Å². The van der Waals surface area contributed by atoms with E-state index in [0.29, 0.717) is 5.56 Å². The van der Waals surface area contributed by atoms with E-state index in [1.54, 1.807) is 18.3 Å². The summed E-state index contributed by atoms with van der Waals surface area (Å²) in [5.41, 5.74) is 3.38. The van der Waals surface area contributed by atoms with Crippen molar-refractivity contribution in [3.63, 3.8) is 0 Å². The van der Waals surface area contributed by atoms with Crippen LogP contribution in [0.1, 0.15) is 74.5 Å². The van der Waals surface area contributed by atoms with Gasteiger partial charge in [0.25, 0.3) is 0 Å². The summed E-state index contributed by atoms with van der Waals surface area (Å²) in [6.07, 6.45) is 8.85. The Hall–Kier alpha value is -3.14. The van der Waals surface area contributed by atoms with E-state index >= 15 is 0 Å². The number of unbranched alkanes of at least 4 members (excludes halogenated alkanes) is 5. The molecule has 0 amide bonds. The lowest BCUT2D eigenvalue weighted by Crippen LogP contribution is -2.10. The van der Waals surface area contributed by atoms with E-state index < -0.39 is 6.10 Å². The monoisotopic (exact) mass is 431 g/mol. The second-order valence-electron chi connectivity index (χ2n) is 8.02. The predicted molar refractivity (Wildman–Crippen MR) is 129 cm³/mol. The Morgan fingerprint density at radius 2 is 1.50 bits per heavy atom. The van der Waals surface area contributed by atoms with Crippen LogP contribution in [0.2, 0.25) is 0 Å². The predicted octanol–water partition coefficient (Wildman–Crippen LogP) is 7.41. The van der Waals surface area contributed by atoms with E-state index in [2.05, 4.69) is 11.9 Å². The molecule has 0 aliphatic carbocycles. The fourth-order valence-electron chi connectivity index (χ4n) is 3.52. The van der Waals surface area contributed by atoms with Crippen molar-refractivity contribution < 1.29 is 14.3 Å². The molecule has 0 fully saturated rings. The van der Waals surface area contributed by atoms with Crippen LogP contribution in [0.25, 0.3) is 11.1 Å². The Balaban J connectivity index is 1.48. The summed E-state index contributed by atoms with van der Waals surface area (Å²) in [4.78, 5) is 16.7. The van der Waals surface area contributed by atoms with Crippen molar-refractivity contribution in [2.75, 3.05) is 6.61 Å². The van der Waals surface area contributed by atoms with Crippen LogP contribution in [0.3, 0.4) is 0 Å². The maximum Gasteiger partial charge on any atom is 0.338 e. The van der Waals surface area contributed by atoms with Crippen molar-refractivity contribution >= 4 is 5.97 Å². The molecule has 0 aliphatic heterocycles. The van der Waals surface area contributed by atoms with Gasteiger partial charge in [-0.1, -0.05) is 69.4 Å². The third kappa shape index (κ3) is 7.23. The zero-order valence-corrected chi connectivity index (χ0v) is 19.1. The fraction of sp³-hybridized carbons (Fsp3) is 0.357. The maximum absolute atomic E-state index is 12.5. The van der Waals surface area contributed by atoms with Crippen LogP contribution in [0.5, 0.6) is 5.75 Å². The van der Waals surface area contributed by atoms with Gasteiger partial charge in [-0.25, -0.2) is 4.79 Å². The largest absolute Gasteiger partial charge is 0.494 e. The van der Waals surface area contributed by atoms with Crippen LogP contribution >= 0.6 is 0 Å². The molecule has 0 aliphatic rings. The molecule has 4 nitrogen and oxygen atoms in total. The second-order valence-corrected chi connectivity index (χ2v) is 8.02. The van der Waals surface area contributed by atoms with Crippen LogP contribution in [0.15, 0.2) is 72.9 Å². The molecule has 0 N–H and O–H groups in total. The van der Waals surface area contributed by atoms with E-state index in [1.165, 1.54) is 32.1 Å². The molecule has 1 heterocycles. The molecule has 168 valence electrons. The van der Waals surface area contributed by atoms with Crippen LogP contribution in [-0.2, 0) is 4.74 Å². The summed E-state index contributed by atoms with van der Waals surface area (Å²) in [7, 11) is 0. The average Bonchev–Trinajstić information content (AvgIpc) is 2.84. The highest BCUT2D eigenvalue weighted by Crippen LogP contribution is 2.24. The minimum Gasteiger partial charge on any atom is -0.494 e. The number of rotatable bonds is 12. The molecule has 0 bridgehead atoms. The van der Waals surface area contributed by atoms with Crippen molar-refractivity contribution in [1.82, 2.24) is 4.98 Å². The Morgan fingerprint density at radius 3 is 2.16 bits per heavy atom. The van der Waals surface area contributed by atoms with E-state index in [1.807, 2.05) is 61.5 Å². The Kier molecular flexibility index (Phi) is 9.30. The van der Waals surface area contributed by atoms with Gasteiger partial charge in [-0.2, -0.15) is 0 Å². The molecular formula is C28H33NO3. The molecule has 3 rings (SSSR count). The highest BCUT2D eigenvalue weighted by molar-refractivity contribution is 5.90. The Bertz CT molecular complexity index is 937. The van der Waals surface area contributed by atoms with Gasteiger partial charge in [0.2, 0.25) is 0 Å². The fourth-order valence-corrected chi connectivity index (χ4v) is 3.52. The molecule has 1 aromatic heterocycles. The molecule has 4 heteroatoms. The first-order chi connectivity index (χ1) is 15.7. The standard InChI is InChI=1S/C28H33NO3/c1-3-4-5-6-7-10-21-31-26-18-16-24(17-19-26)23-12-14-25(15-13-23)28(30)32-22(2)27-11-8-9-20-29-27/h8-9,11-20,22H,3-7,10,21H2,1-2H3/t22-/m1/s1. The number of ether oxygens (including phenoxy) is 2. The number of nitrogens with zero attached hydrogens (tertiary/aromatic N) is 1. The molecule has 0 unspecified atom stereocenters. The number of pyridine rings is 1. The minimum atomic E-state index is -0.396. The summed E-state index contributed by atoms with van der Waals surface area (Å²) < 4.78 is 11.4. The molecule has 2 aromatic carbocycles. The number of benzene rings is 2. The lowest BCUT2D eigenvalue weighted by Gasteiger charge is -2.13. The van der Waals surface area contributed by atoms with Crippen LogP contribution < -0.4 is 4.74 Å². The number of carbonyl (C=O) groups excluding carboxylic acids is 1. The van der Waals surface area contributed by atoms with Gasteiger partial charge in [-0.05, 0) is 60.9 Å². The minimum absolute atomic E-state index is 0.354. The van der Waals surface area contributed by atoms with Crippen LogP contribution in [-0.4, -0.2) is 17.6 Å². The van der Waals surface area contributed by atoms with Crippen molar-refractivity contribution in [2.45, 2.75) is 58.5 Å². The van der Waals surface area contributed by atoms with Gasteiger partial charge in [0.15, 0.2) is 0 Å². The van der Waals surface area contributed by atoms with Crippen LogP contribution in [0, 0.1) is 0 Å². The highest BCUT2D eigenvalue weighted by atomic mass is 16.5. The average molecular weight is 432 g/mol. The zero-order valence-electron chi connectivity index (χ0n) is 19.1. The van der Waals surface area contributed by atoms with Gasteiger partial charge in [-0.15, -0.1) is 0 Å².